The highest BCUT2D eigenvalue weighted by molar-refractivity contribution is 5.97. The number of nitrogens with one attached hydrogen (secondary N) is 3. The van der Waals surface area contributed by atoms with Crippen LogP contribution in [0, 0.1) is 6.92 Å². The van der Waals surface area contributed by atoms with E-state index in [-0.39, 0.29) is 17.5 Å². The molecule has 6 heteroatoms. The Bertz CT molecular complexity index is 651. The van der Waals surface area contributed by atoms with E-state index in [1.54, 1.807) is 6.07 Å². The summed E-state index contributed by atoms with van der Waals surface area (Å²) in [7, 11) is 0. The van der Waals surface area contributed by atoms with Gasteiger partial charge < -0.3 is 10.3 Å². The average Bonchev–Trinajstić information content (AvgIpc) is 3.03. The maximum atomic E-state index is 11.8. The molecule has 1 saturated carbocycles. The van der Waals surface area contributed by atoms with Crippen molar-refractivity contribution in [2.75, 3.05) is 0 Å². The van der Waals surface area contributed by atoms with Gasteiger partial charge in [-0.25, -0.2) is 0 Å². The van der Waals surface area contributed by atoms with Gasteiger partial charge in [0.1, 0.15) is 5.56 Å². The number of carbonyl (C=O) groups excluding carboxylic acids is 1. The summed E-state index contributed by atoms with van der Waals surface area (Å²) >= 11 is 0. The Hall–Kier alpha value is -2.11. The molecule has 1 fully saturated rings. The van der Waals surface area contributed by atoms with Gasteiger partial charge in [0.2, 0.25) is 0 Å². The zero-order chi connectivity index (χ0) is 12.0. The molecule has 1 aliphatic carbocycles. The predicted octanol–water partition coefficient (Wildman–Crippen LogP) is 0.452. The van der Waals surface area contributed by atoms with Crippen molar-refractivity contribution in [2.24, 2.45) is 0 Å². The Labute approximate surface area is 96.4 Å². The minimum Gasteiger partial charge on any atom is -0.349 e. The number of nitrogens with zero attached hydrogens (tertiary/aromatic N) is 1. The van der Waals surface area contributed by atoms with Crippen molar-refractivity contribution in [2.45, 2.75) is 25.8 Å². The molecule has 2 heterocycles. The Morgan fingerprint density at radius 2 is 2.29 bits per heavy atom. The first-order valence-electron chi connectivity index (χ1n) is 5.54. The quantitative estimate of drug-likeness (QED) is 0.702. The lowest BCUT2D eigenvalue weighted by atomic mass is 10.2. The molecule has 0 saturated heterocycles. The molecule has 0 atom stereocenters. The molecule has 0 aromatic carbocycles. The van der Waals surface area contributed by atoms with Crippen molar-refractivity contribution in [3.05, 3.63) is 27.7 Å². The fourth-order valence-corrected chi connectivity index (χ4v) is 1.75. The monoisotopic (exact) mass is 232 g/mol. The van der Waals surface area contributed by atoms with Gasteiger partial charge in [0, 0.05) is 17.1 Å². The van der Waals surface area contributed by atoms with Gasteiger partial charge >= 0.3 is 0 Å². The zero-order valence-corrected chi connectivity index (χ0v) is 9.33. The number of aromatic amines is 2. The van der Waals surface area contributed by atoms with Crippen molar-refractivity contribution in [1.29, 1.82) is 0 Å². The minimum atomic E-state index is -0.401. The summed E-state index contributed by atoms with van der Waals surface area (Å²) in [5, 5.41) is 10.3. The molecule has 0 aliphatic heterocycles. The maximum Gasteiger partial charge on any atom is 0.262 e. The SMILES string of the molecule is Cc1[nH]nc2[nH]c(=O)c(C(=O)NC3CC3)cc12. The smallest absolute Gasteiger partial charge is 0.262 e. The van der Waals surface area contributed by atoms with Gasteiger partial charge in [-0.15, -0.1) is 0 Å². The van der Waals surface area contributed by atoms with Crippen LogP contribution in [0.15, 0.2) is 10.9 Å². The minimum absolute atomic E-state index is 0.147. The number of amides is 1. The third-order valence-corrected chi connectivity index (χ3v) is 2.92. The van der Waals surface area contributed by atoms with Crippen LogP contribution in [0.1, 0.15) is 28.9 Å². The lowest BCUT2D eigenvalue weighted by Crippen LogP contribution is -2.30. The predicted molar refractivity (Wildman–Crippen MR) is 61.9 cm³/mol. The van der Waals surface area contributed by atoms with Gasteiger partial charge in [0.25, 0.3) is 11.5 Å². The van der Waals surface area contributed by atoms with E-state index in [1.807, 2.05) is 6.92 Å². The van der Waals surface area contributed by atoms with Crippen molar-refractivity contribution < 1.29 is 4.79 Å². The van der Waals surface area contributed by atoms with Crippen LogP contribution in [0.5, 0.6) is 0 Å². The number of H-pyrrole nitrogens is 2. The number of hydrogen-bond donors (Lipinski definition) is 3. The highest BCUT2D eigenvalue weighted by atomic mass is 16.2. The molecule has 1 amide bonds. The van der Waals surface area contributed by atoms with Crippen molar-refractivity contribution in [3.63, 3.8) is 0 Å². The molecule has 17 heavy (non-hydrogen) atoms. The van der Waals surface area contributed by atoms with E-state index in [0.29, 0.717) is 5.65 Å². The van der Waals surface area contributed by atoms with Crippen LogP contribution in [-0.2, 0) is 0 Å². The second-order valence-electron chi connectivity index (χ2n) is 4.37. The molecule has 0 spiro atoms. The van der Waals surface area contributed by atoms with E-state index in [1.165, 1.54) is 0 Å². The molecule has 2 aromatic rings. The van der Waals surface area contributed by atoms with Gasteiger partial charge in [-0.2, -0.15) is 5.10 Å². The summed E-state index contributed by atoms with van der Waals surface area (Å²) in [5.41, 5.74) is 1.06. The molecule has 3 N–H and O–H groups in total. The average molecular weight is 232 g/mol. The van der Waals surface area contributed by atoms with Gasteiger partial charge in [-0.05, 0) is 25.8 Å². The van der Waals surface area contributed by atoms with Crippen LogP contribution in [0.3, 0.4) is 0 Å². The van der Waals surface area contributed by atoms with Crippen LogP contribution in [-0.4, -0.2) is 27.1 Å². The highest BCUT2D eigenvalue weighted by Gasteiger charge is 2.25. The maximum absolute atomic E-state index is 11.8. The van der Waals surface area contributed by atoms with Crippen molar-refractivity contribution >= 4 is 16.9 Å². The van der Waals surface area contributed by atoms with E-state index in [2.05, 4.69) is 20.5 Å². The summed E-state index contributed by atoms with van der Waals surface area (Å²) in [6.07, 6.45) is 1.99. The molecule has 1 aliphatic rings. The molecule has 0 unspecified atom stereocenters. The summed E-state index contributed by atoms with van der Waals surface area (Å²) in [5.74, 6) is -0.309. The topological polar surface area (TPSA) is 90.6 Å². The molecule has 0 bridgehead atoms. The van der Waals surface area contributed by atoms with Crippen molar-refractivity contribution in [1.82, 2.24) is 20.5 Å². The van der Waals surface area contributed by atoms with Gasteiger partial charge in [-0.1, -0.05) is 0 Å². The van der Waals surface area contributed by atoms with Crippen molar-refractivity contribution in [3.8, 4) is 0 Å². The lowest BCUT2D eigenvalue weighted by Gasteiger charge is -2.02. The van der Waals surface area contributed by atoms with Crippen LogP contribution in [0.2, 0.25) is 0 Å². The van der Waals surface area contributed by atoms with Crippen LogP contribution in [0.4, 0.5) is 0 Å². The summed E-state index contributed by atoms with van der Waals surface area (Å²) in [6.45, 7) is 1.84. The summed E-state index contributed by atoms with van der Waals surface area (Å²) in [4.78, 5) is 26.1. The zero-order valence-electron chi connectivity index (χ0n) is 9.33. The first-order chi connectivity index (χ1) is 8.15. The largest absolute Gasteiger partial charge is 0.349 e. The Kier molecular flexibility index (Phi) is 2.04. The number of pyridine rings is 1. The standard InChI is InChI=1S/C11H12N4O2/c1-5-7-4-8(10(16)12-6-2-3-6)11(17)13-9(7)15-14-5/h4,6H,2-3H2,1H3,(H,12,16)(H2,13,14,15,17). The first-order valence-corrected chi connectivity index (χ1v) is 5.54. The number of aromatic nitrogens is 3. The molecule has 88 valence electrons. The summed E-state index contributed by atoms with van der Waals surface area (Å²) < 4.78 is 0. The highest BCUT2D eigenvalue weighted by Crippen LogP contribution is 2.19. The number of aryl methyl sites for hydroxylation is 1. The fraction of sp³-hybridized carbons (Fsp3) is 0.364. The van der Waals surface area contributed by atoms with Crippen LogP contribution >= 0.6 is 0 Å². The second kappa shape index (κ2) is 3.44. The molecule has 3 rings (SSSR count). The van der Waals surface area contributed by atoms with E-state index < -0.39 is 5.56 Å². The van der Waals surface area contributed by atoms with Gasteiger partial charge in [0.15, 0.2) is 5.65 Å². The number of hydrogen-bond acceptors (Lipinski definition) is 3. The number of carbonyl (C=O) groups is 1. The molecule has 0 radical (unpaired) electrons. The van der Waals surface area contributed by atoms with E-state index in [0.717, 1.165) is 23.9 Å². The summed E-state index contributed by atoms with van der Waals surface area (Å²) in [6, 6.07) is 1.83. The first kappa shape index (κ1) is 10.1. The molecular weight excluding hydrogens is 220 g/mol. The normalized spacial score (nSPS) is 15.1. The Morgan fingerprint density at radius 3 is 3.00 bits per heavy atom. The molecular formula is C11H12N4O2. The van der Waals surface area contributed by atoms with Crippen LogP contribution < -0.4 is 10.9 Å². The van der Waals surface area contributed by atoms with E-state index in [4.69, 9.17) is 0 Å². The van der Waals surface area contributed by atoms with Gasteiger partial charge in [-0.3, -0.25) is 14.7 Å². The Morgan fingerprint density at radius 1 is 1.53 bits per heavy atom. The van der Waals surface area contributed by atoms with Gasteiger partial charge in [0.05, 0.1) is 0 Å². The third-order valence-electron chi connectivity index (χ3n) is 2.92. The number of fused-ring (bicyclic) bond motifs is 1. The molecule has 2 aromatic heterocycles. The van der Waals surface area contributed by atoms with E-state index in [9.17, 15) is 9.59 Å². The second-order valence-corrected chi connectivity index (χ2v) is 4.37. The lowest BCUT2D eigenvalue weighted by molar-refractivity contribution is 0.0950. The molecule has 6 nitrogen and oxygen atoms in total. The Balaban J connectivity index is 2.07. The van der Waals surface area contributed by atoms with E-state index >= 15 is 0 Å². The third kappa shape index (κ3) is 1.71. The fourth-order valence-electron chi connectivity index (χ4n) is 1.75. The number of rotatable bonds is 2. The van der Waals surface area contributed by atoms with Crippen LogP contribution in [0.25, 0.3) is 11.0 Å².